The Labute approximate surface area is 196 Å². The van der Waals surface area contributed by atoms with Crippen LogP contribution in [-0.2, 0) is 21.0 Å². The van der Waals surface area contributed by atoms with E-state index in [2.05, 4.69) is 5.32 Å². The number of ether oxygens (including phenoxy) is 1. The van der Waals surface area contributed by atoms with Crippen molar-refractivity contribution in [3.05, 3.63) is 83.4 Å². The Balaban J connectivity index is 2.09. The molecule has 3 aromatic carbocycles. The van der Waals surface area contributed by atoms with Gasteiger partial charge in [0.1, 0.15) is 12.3 Å². The molecule has 0 spiro atoms. The second-order valence-corrected chi connectivity index (χ2v) is 9.37. The van der Waals surface area contributed by atoms with Crippen molar-refractivity contribution in [3.63, 3.8) is 0 Å². The Morgan fingerprint density at radius 1 is 1.00 bits per heavy atom. The number of halogens is 3. The van der Waals surface area contributed by atoms with Crippen LogP contribution < -0.4 is 14.4 Å². The van der Waals surface area contributed by atoms with E-state index < -0.39 is 39.1 Å². The summed E-state index contributed by atoms with van der Waals surface area (Å²) in [5, 5.41) is 2.64. The molecule has 0 atom stereocenters. The third-order valence-corrected chi connectivity index (χ3v) is 6.88. The zero-order valence-corrected chi connectivity index (χ0v) is 19.5. The number of nitrogens with zero attached hydrogens (tertiary/aromatic N) is 1. The number of methoxy groups -OCH3 is 1. The number of alkyl halides is 3. The summed E-state index contributed by atoms with van der Waals surface area (Å²) in [5.41, 5.74) is 0.783. The average Bonchev–Trinajstić information content (AvgIpc) is 2.78. The number of nitrogens with one attached hydrogen (secondary N) is 1. The summed E-state index contributed by atoms with van der Waals surface area (Å²) in [5.74, 6) is -0.652. The number of sulfonamides is 1. The van der Waals surface area contributed by atoms with Crippen LogP contribution in [0, 0.1) is 13.8 Å². The van der Waals surface area contributed by atoms with Crippen LogP contribution in [0.5, 0.6) is 5.75 Å². The van der Waals surface area contributed by atoms with Crippen LogP contribution in [0.2, 0.25) is 0 Å². The van der Waals surface area contributed by atoms with Crippen LogP contribution in [0.3, 0.4) is 0 Å². The summed E-state index contributed by atoms with van der Waals surface area (Å²) in [4.78, 5) is 11.9. The van der Waals surface area contributed by atoms with Crippen LogP contribution in [0.15, 0.2) is 71.6 Å². The molecule has 6 nitrogen and oxygen atoms in total. The van der Waals surface area contributed by atoms with E-state index in [1.54, 1.807) is 25.1 Å². The zero-order valence-electron chi connectivity index (χ0n) is 18.7. The lowest BCUT2D eigenvalue weighted by molar-refractivity contribution is -0.139. The zero-order chi connectivity index (χ0) is 25.1. The molecule has 1 amide bonds. The number of aryl methyl sites for hydroxylation is 2. The highest BCUT2D eigenvalue weighted by molar-refractivity contribution is 7.93. The SMILES string of the molecule is COc1ccccc1N(CC(=O)Nc1ccc(C)cc1C)S(=O)(=O)c1ccccc1C(F)(F)F. The largest absolute Gasteiger partial charge is 0.495 e. The smallest absolute Gasteiger partial charge is 0.417 e. The second-order valence-electron chi connectivity index (χ2n) is 7.54. The fourth-order valence-electron chi connectivity index (χ4n) is 3.45. The van der Waals surface area contributed by atoms with Crippen molar-refractivity contribution in [3.8, 4) is 5.75 Å². The molecule has 0 unspecified atom stereocenters. The van der Waals surface area contributed by atoms with E-state index in [1.807, 2.05) is 13.0 Å². The first-order chi connectivity index (χ1) is 15.9. The van der Waals surface area contributed by atoms with E-state index in [1.165, 1.54) is 31.4 Å². The van der Waals surface area contributed by atoms with Crippen molar-refractivity contribution in [1.82, 2.24) is 0 Å². The Morgan fingerprint density at radius 3 is 2.29 bits per heavy atom. The number of amides is 1. The molecule has 0 saturated carbocycles. The van der Waals surface area contributed by atoms with E-state index in [0.717, 1.165) is 23.3 Å². The summed E-state index contributed by atoms with van der Waals surface area (Å²) in [6, 6.07) is 15.0. The minimum Gasteiger partial charge on any atom is -0.495 e. The Bertz CT molecular complexity index is 1310. The predicted molar refractivity (Wildman–Crippen MR) is 124 cm³/mol. The van der Waals surface area contributed by atoms with E-state index in [4.69, 9.17) is 4.74 Å². The molecular weight excluding hydrogens is 469 g/mol. The quantitative estimate of drug-likeness (QED) is 0.494. The summed E-state index contributed by atoms with van der Waals surface area (Å²) in [7, 11) is -3.54. The van der Waals surface area contributed by atoms with Gasteiger partial charge in [-0.25, -0.2) is 8.42 Å². The van der Waals surface area contributed by atoms with Gasteiger partial charge in [0, 0.05) is 5.69 Å². The Hall–Kier alpha value is -3.53. The highest BCUT2D eigenvalue weighted by atomic mass is 32.2. The Kier molecular flexibility index (Phi) is 7.21. The minimum absolute atomic E-state index is 0.0715. The van der Waals surface area contributed by atoms with E-state index in [-0.39, 0.29) is 11.4 Å². The number of hydrogen-bond acceptors (Lipinski definition) is 4. The third kappa shape index (κ3) is 5.33. The fraction of sp³-hybridized carbons (Fsp3) is 0.208. The van der Waals surface area contributed by atoms with Crippen molar-refractivity contribution >= 4 is 27.3 Å². The van der Waals surface area contributed by atoms with Gasteiger partial charge in [0.05, 0.1) is 23.3 Å². The molecule has 3 rings (SSSR count). The summed E-state index contributed by atoms with van der Waals surface area (Å²) in [6.07, 6.45) is -4.92. The van der Waals surface area contributed by atoms with Gasteiger partial charge in [0.15, 0.2) is 0 Å². The first-order valence-corrected chi connectivity index (χ1v) is 11.6. The minimum atomic E-state index is -4.92. The molecule has 1 N–H and O–H groups in total. The average molecular weight is 493 g/mol. The number of carbonyl (C=O) groups excluding carboxylic acids is 1. The normalized spacial score (nSPS) is 11.7. The molecule has 0 heterocycles. The number of para-hydroxylation sites is 2. The molecule has 0 aliphatic carbocycles. The number of benzene rings is 3. The fourth-order valence-corrected chi connectivity index (χ4v) is 5.10. The van der Waals surface area contributed by atoms with Crippen molar-refractivity contribution in [2.75, 3.05) is 23.3 Å². The monoisotopic (exact) mass is 492 g/mol. The number of carbonyl (C=O) groups is 1. The molecule has 0 aromatic heterocycles. The van der Waals surface area contributed by atoms with Gasteiger partial charge in [0.25, 0.3) is 10.0 Å². The maximum Gasteiger partial charge on any atom is 0.417 e. The van der Waals surface area contributed by atoms with Gasteiger partial charge >= 0.3 is 6.18 Å². The lowest BCUT2D eigenvalue weighted by Gasteiger charge is -2.27. The van der Waals surface area contributed by atoms with Gasteiger partial charge in [-0.3, -0.25) is 9.10 Å². The molecule has 180 valence electrons. The number of rotatable bonds is 7. The number of hydrogen-bond donors (Lipinski definition) is 1. The van der Waals surface area contributed by atoms with Crippen LogP contribution in [0.1, 0.15) is 16.7 Å². The summed E-state index contributed by atoms with van der Waals surface area (Å²) in [6.45, 7) is 2.88. The van der Waals surface area contributed by atoms with E-state index >= 15 is 0 Å². The van der Waals surface area contributed by atoms with Crippen molar-refractivity contribution in [2.24, 2.45) is 0 Å². The first-order valence-electron chi connectivity index (χ1n) is 10.1. The van der Waals surface area contributed by atoms with Gasteiger partial charge in [-0.05, 0) is 49.7 Å². The molecule has 10 heteroatoms. The first kappa shape index (κ1) is 25.1. The Morgan fingerprint density at radius 2 is 1.65 bits per heavy atom. The van der Waals surface area contributed by atoms with Crippen LogP contribution in [0.4, 0.5) is 24.5 Å². The molecule has 0 bridgehead atoms. The van der Waals surface area contributed by atoms with E-state index in [9.17, 15) is 26.4 Å². The third-order valence-electron chi connectivity index (χ3n) is 5.06. The molecular formula is C24H23F3N2O4S. The summed E-state index contributed by atoms with van der Waals surface area (Å²) < 4.78 is 73.9. The van der Waals surface area contributed by atoms with Gasteiger partial charge in [-0.2, -0.15) is 13.2 Å². The lowest BCUT2D eigenvalue weighted by atomic mass is 10.1. The van der Waals surface area contributed by atoms with Crippen molar-refractivity contribution in [1.29, 1.82) is 0 Å². The van der Waals surface area contributed by atoms with Crippen molar-refractivity contribution < 1.29 is 31.1 Å². The van der Waals surface area contributed by atoms with Crippen molar-refractivity contribution in [2.45, 2.75) is 24.9 Å². The predicted octanol–water partition coefficient (Wildman–Crippen LogP) is 5.16. The highest BCUT2D eigenvalue weighted by Gasteiger charge is 2.40. The van der Waals surface area contributed by atoms with Gasteiger partial charge in [-0.1, -0.05) is 42.0 Å². The van der Waals surface area contributed by atoms with Crippen LogP contribution in [0.25, 0.3) is 0 Å². The van der Waals surface area contributed by atoms with Gasteiger partial charge < -0.3 is 10.1 Å². The topological polar surface area (TPSA) is 75.7 Å². The number of anilines is 2. The maximum absolute atomic E-state index is 13.6. The van der Waals surface area contributed by atoms with Crippen LogP contribution >= 0.6 is 0 Å². The van der Waals surface area contributed by atoms with Crippen LogP contribution in [-0.4, -0.2) is 28.0 Å². The van der Waals surface area contributed by atoms with Gasteiger partial charge in [0.2, 0.25) is 5.91 Å². The molecule has 3 aromatic rings. The standard InChI is InChI=1S/C24H23F3N2O4S/c1-16-12-13-19(17(2)14-16)28-23(30)15-29(20-9-5-6-10-21(20)33-3)34(31,32)22-11-7-4-8-18(22)24(25,26)27/h4-14H,15H2,1-3H3,(H,28,30). The second kappa shape index (κ2) is 9.76. The molecule has 0 aliphatic heterocycles. The molecule has 0 aliphatic rings. The lowest BCUT2D eigenvalue weighted by Crippen LogP contribution is -2.39. The van der Waals surface area contributed by atoms with E-state index in [0.29, 0.717) is 16.1 Å². The molecule has 0 saturated heterocycles. The summed E-state index contributed by atoms with van der Waals surface area (Å²) >= 11 is 0. The maximum atomic E-state index is 13.6. The molecule has 0 fully saturated rings. The van der Waals surface area contributed by atoms with Gasteiger partial charge in [-0.15, -0.1) is 0 Å². The molecule has 0 radical (unpaired) electrons. The highest BCUT2D eigenvalue weighted by Crippen LogP contribution is 2.38. The molecule has 34 heavy (non-hydrogen) atoms.